The smallest absolute Gasteiger partial charge is 0.281 e. The number of halogens is 2. The Hall–Kier alpha value is -2.31. The van der Waals surface area contributed by atoms with Gasteiger partial charge in [0.2, 0.25) is 0 Å². The molecule has 2 N–H and O–H groups in total. The van der Waals surface area contributed by atoms with Gasteiger partial charge in [-0.05, 0) is 12.1 Å². The molecule has 0 aliphatic carbocycles. The highest BCUT2D eigenvalue weighted by Gasteiger charge is 2.21. The van der Waals surface area contributed by atoms with E-state index in [0.717, 1.165) is 4.68 Å². The molecule has 0 amide bonds. The second-order valence-electron chi connectivity index (χ2n) is 4.46. The number of rotatable bonds is 2. The Morgan fingerprint density at radius 3 is 2.59 bits per heavy atom. The Labute approximate surface area is 135 Å². The molecule has 8 heteroatoms. The first-order chi connectivity index (χ1) is 10.5. The number of hydrogen-bond donors (Lipinski definition) is 1. The number of carbonyl (C=O) groups is 1. The maximum absolute atomic E-state index is 12.7. The number of hydrogen-bond acceptors (Lipinski definition) is 5. The molecule has 0 saturated heterocycles. The zero-order valence-corrected chi connectivity index (χ0v) is 12.9. The summed E-state index contributed by atoms with van der Waals surface area (Å²) in [4.78, 5) is 16.5. The van der Waals surface area contributed by atoms with Crippen molar-refractivity contribution in [3.05, 3.63) is 46.2 Å². The van der Waals surface area contributed by atoms with Gasteiger partial charge < -0.3 is 10.5 Å². The normalized spacial score (nSPS) is 10.9. The van der Waals surface area contributed by atoms with Crippen LogP contribution in [0.1, 0.15) is 10.4 Å². The highest BCUT2D eigenvalue weighted by atomic mass is 35.5. The van der Waals surface area contributed by atoms with Crippen molar-refractivity contribution in [1.29, 1.82) is 0 Å². The average molecular weight is 337 g/mol. The number of nitrogens with two attached hydrogens (primary N) is 1. The highest BCUT2D eigenvalue weighted by molar-refractivity contribution is 6.39. The Balaban J connectivity index is 2.23. The van der Waals surface area contributed by atoms with E-state index in [1.165, 1.54) is 19.5 Å². The van der Waals surface area contributed by atoms with Crippen LogP contribution in [-0.4, -0.2) is 27.8 Å². The molecule has 0 fully saturated rings. The van der Waals surface area contributed by atoms with E-state index in [0.29, 0.717) is 16.7 Å². The fourth-order valence-electron chi connectivity index (χ4n) is 2.12. The van der Waals surface area contributed by atoms with Gasteiger partial charge in [0.15, 0.2) is 5.82 Å². The van der Waals surface area contributed by atoms with Gasteiger partial charge in [-0.1, -0.05) is 23.2 Å². The Morgan fingerprint density at radius 2 is 1.95 bits per heavy atom. The number of anilines is 1. The predicted octanol–water partition coefficient (Wildman–Crippen LogP) is 3.02. The molecular formula is C14H10Cl2N4O2. The molecule has 3 rings (SSSR count). The monoisotopic (exact) mass is 336 g/mol. The SMILES string of the molecule is COc1ccc2c(N)nn(C(=O)c3c(Cl)cncc3Cl)c2c1. The van der Waals surface area contributed by atoms with Crippen LogP contribution >= 0.6 is 23.2 Å². The molecule has 0 radical (unpaired) electrons. The molecule has 2 heterocycles. The molecule has 1 aromatic carbocycles. The third kappa shape index (κ3) is 2.26. The quantitative estimate of drug-likeness (QED) is 0.777. The van der Waals surface area contributed by atoms with Gasteiger partial charge in [0, 0.05) is 23.8 Å². The zero-order chi connectivity index (χ0) is 15.9. The van der Waals surface area contributed by atoms with Gasteiger partial charge in [-0.15, -0.1) is 5.10 Å². The van der Waals surface area contributed by atoms with E-state index in [1.807, 2.05) is 0 Å². The summed E-state index contributed by atoms with van der Waals surface area (Å²) in [6.45, 7) is 0. The van der Waals surface area contributed by atoms with Gasteiger partial charge in [-0.3, -0.25) is 9.78 Å². The number of methoxy groups -OCH3 is 1. The van der Waals surface area contributed by atoms with Crippen molar-refractivity contribution in [2.24, 2.45) is 0 Å². The lowest BCUT2D eigenvalue weighted by Gasteiger charge is -2.06. The molecular weight excluding hydrogens is 327 g/mol. The second-order valence-corrected chi connectivity index (χ2v) is 5.28. The average Bonchev–Trinajstić information content (AvgIpc) is 2.83. The lowest BCUT2D eigenvalue weighted by Crippen LogP contribution is -2.15. The van der Waals surface area contributed by atoms with Crippen LogP contribution in [0.3, 0.4) is 0 Å². The molecule has 0 bridgehead atoms. The lowest BCUT2D eigenvalue weighted by molar-refractivity contribution is 0.0951. The van der Waals surface area contributed by atoms with Crippen LogP contribution < -0.4 is 10.5 Å². The van der Waals surface area contributed by atoms with Crippen molar-refractivity contribution >= 4 is 45.8 Å². The fraction of sp³-hybridized carbons (Fsp3) is 0.0714. The second kappa shape index (κ2) is 5.47. The summed E-state index contributed by atoms with van der Waals surface area (Å²) in [5, 5.41) is 4.99. The minimum Gasteiger partial charge on any atom is -0.497 e. The summed E-state index contributed by atoms with van der Waals surface area (Å²) in [6.07, 6.45) is 2.69. The van der Waals surface area contributed by atoms with Crippen molar-refractivity contribution in [3.8, 4) is 5.75 Å². The van der Waals surface area contributed by atoms with Gasteiger partial charge in [-0.2, -0.15) is 4.68 Å². The Kier molecular flexibility index (Phi) is 3.64. The van der Waals surface area contributed by atoms with Crippen LogP contribution in [0.15, 0.2) is 30.6 Å². The van der Waals surface area contributed by atoms with Crippen LogP contribution in [0.2, 0.25) is 10.0 Å². The van der Waals surface area contributed by atoms with Gasteiger partial charge in [-0.25, -0.2) is 0 Å². The molecule has 2 aromatic heterocycles. The van der Waals surface area contributed by atoms with E-state index in [2.05, 4.69) is 10.1 Å². The van der Waals surface area contributed by atoms with E-state index >= 15 is 0 Å². The number of nitrogen functional groups attached to an aromatic ring is 1. The molecule has 6 nitrogen and oxygen atoms in total. The standard InChI is InChI=1S/C14H10Cl2N4O2/c1-22-7-2-3-8-11(4-7)20(19-13(8)17)14(21)12-9(15)5-18-6-10(12)16/h2-6H,1H3,(H2,17,19). The van der Waals surface area contributed by atoms with Crippen LogP contribution in [0, 0.1) is 0 Å². The van der Waals surface area contributed by atoms with Gasteiger partial charge in [0.05, 0.1) is 28.2 Å². The minimum atomic E-state index is -0.493. The maximum Gasteiger partial charge on any atom is 0.281 e. The maximum atomic E-state index is 12.7. The van der Waals surface area contributed by atoms with Crippen molar-refractivity contribution in [3.63, 3.8) is 0 Å². The van der Waals surface area contributed by atoms with Crippen molar-refractivity contribution in [2.75, 3.05) is 12.8 Å². The van der Waals surface area contributed by atoms with Crippen LogP contribution in [0.5, 0.6) is 5.75 Å². The van der Waals surface area contributed by atoms with E-state index < -0.39 is 5.91 Å². The first-order valence-electron chi connectivity index (χ1n) is 6.19. The molecule has 0 unspecified atom stereocenters. The van der Waals surface area contributed by atoms with Gasteiger partial charge in [0.25, 0.3) is 5.91 Å². The summed E-state index contributed by atoms with van der Waals surface area (Å²) in [5.41, 5.74) is 6.48. The summed E-state index contributed by atoms with van der Waals surface area (Å²) in [6, 6.07) is 5.14. The van der Waals surface area contributed by atoms with Crippen molar-refractivity contribution in [2.45, 2.75) is 0 Å². The number of fused-ring (bicyclic) bond motifs is 1. The Bertz CT molecular complexity index is 872. The van der Waals surface area contributed by atoms with Crippen LogP contribution in [0.4, 0.5) is 5.82 Å². The number of carbonyl (C=O) groups excluding carboxylic acids is 1. The zero-order valence-electron chi connectivity index (χ0n) is 11.4. The third-order valence-corrected chi connectivity index (χ3v) is 3.75. The highest BCUT2D eigenvalue weighted by Crippen LogP contribution is 2.29. The molecule has 3 aromatic rings. The number of benzene rings is 1. The van der Waals surface area contributed by atoms with Crippen LogP contribution in [0.25, 0.3) is 10.9 Å². The molecule has 22 heavy (non-hydrogen) atoms. The largest absolute Gasteiger partial charge is 0.497 e. The molecule has 112 valence electrons. The van der Waals surface area contributed by atoms with Crippen LogP contribution in [-0.2, 0) is 0 Å². The summed E-state index contributed by atoms with van der Waals surface area (Å²) >= 11 is 12.1. The molecule has 0 saturated carbocycles. The van der Waals surface area contributed by atoms with E-state index in [1.54, 1.807) is 18.2 Å². The number of aromatic nitrogens is 3. The van der Waals surface area contributed by atoms with E-state index in [4.69, 9.17) is 33.7 Å². The van der Waals surface area contributed by atoms with E-state index in [9.17, 15) is 4.79 Å². The molecule has 0 aliphatic heterocycles. The topological polar surface area (TPSA) is 83.0 Å². The molecule has 0 atom stereocenters. The van der Waals surface area contributed by atoms with Crippen molar-refractivity contribution < 1.29 is 9.53 Å². The fourth-order valence-corrected chi connectivity index (χ4v) is 2.65. The summed E-state index contributed by atoms with van der Waals surface area (Å²) < 4.78 is 6.32. The molecule has 0 aliphatic rings. The van der Waals surface area contributed by atoms with Gasteiger partial charge >= 0.3 is 0 Å². The number of pyridine rings is 1. The van der Waals surface area contributed by atoms with E-state index in [-0.39, 0.29) is 21.4 Å². The van der Waals surface area contributed by atoms with Gasteiger partial charge in [0.1, 0.15) is 5.75 Å². The Morgan fingerprint density at radius 1 is 1.27 bits per heavy atom. The van der Waals surface area contributed by atoms with Crippen molar-refractivity contribution in [1.82, 2.24) is 14.8 Å². The number of nitrogens with zero attached hydrogens (tertiary/aromatic N) is 3. The number of ether oxygens (including phenoxy) is 1. The molecule has 0 spiro atoms. The first kappa shape index (κ1) is 14.6. The third-order valence-electron chi connectivity index (χ3n) is 3.18. The first-order valence-corrected chi connectivity index (χ1v) is 6.94. The summed E-state index contributed by atoms with van der Waals surface area (Å²) in [5.74, 6) is 0.313. The summed E-state index contributed by atoms with van der Waals surface area (Å²) in [7, 11) is 1.53. The lowest BCUT2D eigenvalue weighted by atomic mass is 10.2. The predicted molar refractivity (Wildman–Crippen MR) is 84.7 cm³/mol. The minimum absolute atomic E-state index is 0.116.